The molecule has 1 aromatic carbocycles. The third-order valence-corrected chi connectivity index (χ3v) is 5.11. The minimum absolute atomic E-state index is 0.0655. The monoisotopic (exact) mass is 423 g/mol. The molecule has 3 rings (SSSR count). The summed E-state index contributed by atoms with van der Waals surface area (Å²) in [6.07, 6.45) is 3.21. The Morgan fingerprint density at radius 1 is 1.16 bits per heavy atom. The zero-order valence-corrected chi connectivity index (χ0v) is 18.2. The highest BCUT2D eigenvalue weighted by Gasteiger charge is 2.46. The van der Waals surface area contributed by atoms with Crippen LogP contribution in [0.5, 0.6) is 5.75 Å². The van der Waals surface area contributed by atoms with E-state index < -0.39 is 17.7 Å². The van der Waals surface area contributed by atoms with Crippen molar-refractivity contribution >= 4 is 17.4 Å². The number of aliphatic hydroxyl groups excluding tert-OH is 1. The molecule has 31 heavy (non-hydrogen) atoms. The molecule has 1 amide bonds. The van der Waals surface area contributed by atoms with Crippen molar-refractivity contribution in [2.45, 2.75) is 25.8 Å². The summed E-state index contributed by atoms with van der Waals surface area (Å²) < 4.78 is 5.58. The first kappa shape index (κ1) is 22.5. The molecule has 7 heteroatoms. The van der Waals surface area contributed by atoms with Gasteiger partial charge in [0.05, 0.1) is 17.9 Å². The molecular weight excluding hydrogens is 394 g/mol. The Morgan fingerprint density at radius 3 is 2.52 bits per heavy atom. The van der Waals surface area contributed by atoms with Crippen LogP contribution in [0.3, 0.4) is 0 Å². The van der Waals surface area contributed by atoms with Crippen LogP contribution in [0.1, 0.15) is 37.1 Å². The Morgan fingerprint density at radius 2 is 1.90 bits per heavy atom. The number of carbonyl (C=O) groups is 2. The number of aromatic nitrogens is 1. The predicted octanol–water partition coefficient (Wildman–Crippen LogP) is 3.24. The van der Waals surface area contributed by atoms with E-state index in [0.717, 1.165) is 13.0 Å². The van der Waals surface area contributed by atoms with Gasteiger partial charge in [-0.2, -0.15) is 0 Å². The van der Waals surface area contributed by atoms with Crippen LogP contribution in [-0.2, 0) is 9.59 Å². The lowest BCUT2D eigenvalue weighted by atomic mass is 9.98. The molecule has 1 aromatic heterocycles. The van der Waals surface area contributed by atoms with Crippen molar-refractivity contribution < 1.29 is 19.4 Å². The normalized spacial score (nSPS) is 18.1. The Labute approximate surface area is 183 Å². The van der Waals surface area contributed by atoms with Crippen molar-refractivity contribution in [3.8, 4) is 5.75 Å². The van der Waals surface area contributed by atoms with Crippen molar-refractivity contribution in [1.82, 2.24) is 14.8 Å². The van der Waals surface area contributed by atoms with Gasteiger partial charge in [0.15, 0.2) is 0 Å². The number of Topliss-reactive ketones (excluding diaryl/α,β-unsaturated/α-hetero) is 1. The Bertz CT molecular complexity index is 939. The average Bonchev–Trinajstić information content (AvgIpc) is 3.03. The molecule has 1 fully saturated rings. The molecule has 0 saturated carbocycles. The molecule has 0 radical (unpaired) electrons. The summed E-state index contributed by atoms with van der Waals surface area (Å²) in [5.74, 6) is -0.821. The summed E-state index contributed by atoms with van der Waals surface area (Å²) >= 11 is 0. The highest BCUT2D eigenvalue weighted by molar-refractivity contribution is 6.46. The largest absolute Gasteiger partial charge is 0.507 e. The number of amides is 1. The van der Waals surface area contributed by atoms with E-state index in [-0.39, 0.29) is 11.3 Å². The van der Waals surface area contributed by atoms with Gasteiger partial charge >= 0.3 is 0 Å². The van der Waals surface area contributed by atoms with Crippen molar-refractivity contribution in [1.29, 1.82) is 0 Å². The lowest BCUT2D eigenvalue weighted by Gasteiger charge is -2.25. The molecule has 1 atom stereocenters. The maximum atomic E-state index is 12.9. The van der Waals surface area contributed by atoms with Crippen LogP contribution in [0.4, 0.5) is 0 Å². The molecule has 164 valence electrons. The first-order valence-electron chi connectivity index (χ1n) is 10.5. The van der Waals surface area contributed by atoms with E-state index in [4.69, 9.17) is 4.74 Å². The van der Waals surface area contributed by atoms with Gasteiger partial charge in [-0.25, -0.2) is 0 Å². The SMILES string of the molecule is CCCOc1ccc(/C(O)=C2/C(=O)C(=O)N(CCCN(C)C)C2c2ccccn2)cc1. The fourth-order valence-electron chi connectivity index (χ4n) is 3.60. The number of carbonyl (C=O) groups excluding carboxylic acids is 2. The van der Waals surface area contributed by atoms with Crippen molar-refractivity contribution in [3.63, 3.8) is 0 Å². The zero-order valence-electron chi connectivity index (χ0n) is 18.2. The maximum absolute atomic E-state index is 12.9. The minimum atomic E-state index is -0.723. The number of hydrogen-bond donors (Lipinski definition) is 1. The minimum Gasteiger partial charge on any atom is -0.507 e. The summed E-state index contributed by atoms with van der Waals surface area (Å²) in [7, 11) is 3.91. The van der Waals surface area contributed by atoms with E-state index in [9.17, 15) is 14.7 Å². The van der Waals surface area contributed by atoms with E-state index in [2.05, 4.69) is 4.98 Å². The first-order valence-corrected chi connectivity index (χ1v) is 10.5. The molecule has 1 N–H and O–H groups in total. The third kappa shape index (κ3) is 5.11. The Kier molecular flexibility index (Phi) is 7.41. The molecule has 1 saturated heterocycles. The van der Waals surface area contributed by atoms with Crippen LogP contribution >= 0.6 is 0 Å². The van der Waals surface area contributed by atoms with Gasteiger partial charge in [0.2, 0.25) is 0 Å². The lowest BCUT2D eigenvalue weighted by molar-refractivity contribution is -0.140. The molecule has 7 nitrogen and oxygen atoms in total. The lowest BCUT2D eigenvalue weighted by Crippen LogP contribution is -2.32. The fraction of sp³-hybridized carbons (Fsp3) is 0.375. The Hall–Kier alpha value is -3.19. The van der Waals surface area contributed by atoms with Crippen molar-refractivity contribution in [2.75, 3.05) is 33.8 Å². The number of ketones is 1. The number of aliphatic hydroxyl groups is 1. The van der Waals surface area contributed by atoms with Crippen LogP contribution in [-0.4, -0.2) is 65.4 Å². The van der Waals surface area contributed by atoms with E-state index in [1.807, 2.05) is 32.0 Å². The third-order valence-electron chi connectivity index (χ3n) is 5.11. The summed E-state index contributed by atoms with van der Waals surface area (Å²) in [5, 5.41) is 11.0. The number of hydrogen-bond acceptors (Lipinski definition) is 6. The van der Waals surface area contributed by atoms with Gasteiger partial charge in [-0.15, -0.1) is 0 Å². The highest BCUT2D eigenvalue weighted by atomic mass is 16.5. The average molecular weight is 424 g/mol. The van der Waals surface area contributed by atoms with Crippen molar-refractivity contribution in [3.05, 3.63) is 65.5 Å². The highest BCUT2D eigenvalue weighted by Crippen LogP contribution is 2.38. The summed E-state index contributed by atoms with van der Waals surface area (Å²) in [4.78, 5) is 33.7. The first-order chi connectivity index (χ1) is 14.9. The second-order valence-electron chi connectivity index (χ2n) is 7.78. The fourth-order valence-corrected chi connectivity index (χ4v) is 3.60. The van der Waals surface area contributed by atoms with E-state index in [1.165, 1.54) is 4.90 Å². The van der Waals surface area contributed by atoms with Crippen LogP contribution in [0.15, 0.2) is 54.2 Å². The second kappa shape index (κ2) is 10.2. The summed E-state index contributed by atoms with van der Waals surface area (Å²) in [6, 6.07) is 11.5. The predicted molar refractivity (Wildman–Crippen MR) is 119 cm³/mol. The number of nitrogens with zero attached hydrogens (tertiary/aromatic N) is 3. The molecule has 2 aromatic rings. The molecule has 1 unspecified atom stereocenters. The number of benzene rings is 1. The quantitative estimate of drug-likeness (QED) is 0.379. The smallest absolute Gasteiger partial charge is 0.295 e. The van der Waals surface area contributed by atoms with Gasteiger partial charge in [0.1, 0.15) is 17.6 Å². The number of ether oxygens (including phenoxy) is 1. The molecule has 0 aliphatic carbocycles. The van der Waals surface area contributed by atoms with E-state index in [1.54, 1.807) is 42.6 Å². The maximum Gasteiger partial charge on any atom is 0.295 e. The second-order valence-corrected chi connectivity index (χ2v) is 7.78. The van der Waals surface area contributed by atoms with Crippen LogP contribution in [0.2, 0.25) is 0 Å². The summed E-state index contributed by atoms with van der Waals surface area (Å²) in [6.45, 7) is 3.79. The van der Waals surface area contributed by atoms with Gasteiger partial charge in [0, 0.05) is 18.3 Å². The van der Waals surface area contributed by atoms with Crippen molar-refractivity contribution in [2.24, 2.45) is 0 Å². The number of likely N-dealkylation sites (tertiary alicyclic amines) is 1. The zero-order chi connectivity index (χ0) is 22.4. The van der Waals surface area contributed by atoms with Crippen LogP contribution in [0, 0.1) is 0 Å². The van der Waals surface area contributed by atoms with Gasteiger partial charge in [0.25, 0.3) is 11.7 Å². The van der Waals surface area contributed by atoms with Crippen LogP contribution < -0.4 is 4.74 Å². The molecular formula is C24H29N3O4. The Balaban J connectivity index is 1.99. The number of pyridine rings is 1. The molecule has 0 spiro atoms. The number of rotatable bonds is 9. The summed E-state index contributed by atoms with van der Waals surface area (Å²) in [5.41, 5.74) is 1.07. The molecule has 1 aliphatic heterocycles. The molecule has 0 bridgehead atoms. The van der Waals surface area contributed by atoms with Gasteiger partial charge in [-0.1, -0.05) is 13.0 Å². The topological polar surface area (TPSA) is 83.0 Å². The van der Waals surface area contributed by atoms with Gasteiger partial charge < -0.3 is 19.6 Å². The van der Waals surface area contributed by atoms with Gasteiger partial charge in [-0.3, -0.25) is 14.6 Å². The van der Waals surface area contributed by atoms with E-state index in [0.29, 0.717) is 36.6 Å². The molecule has 1 aliphatic rings. The molecule has 2 heterocycles. The van der Waals surface area contributed by atoms with Crippen LogP contribution in [0.25, 0.3) is 5.76 Å². The van der Waals surface area contributed by atoms with E-state index >= 15 is 0 Å². The standard InChI is InChI=1S/C24H29N3O4/c1-4-16-31-18-11-9-17(10-12-18)22(28)20-21(19-8-5-6-13-25-19)27(24(30)23(20)29)15-7-14-26(2)3/h5-6,8-13,21,28H,4,7,14-16H2,1-3H3/b22-20-. The van der Waals surface area contributed by atoms with Gasteiger partial charge in [-0.05, 0) is 69.9 Å².